The zero-order chi connectivity index (χ0) is 14.5. The molecule has 0 radical (unpaired) electrons. The Labute approximate surface area is 125 Å². The van der Waals surface area contributed by atoms with Crippen molar-refractivity contribution in [3.63, 3.8) is 0 Å². The zero-order valence-electron chi connectivity index (χ0n) is 11.9. The van der Waals surface area contributed by atoms with Gasteiger partial charge in [-0.25, -0.2) is 4.79 Å². The van der Waals surface area contributed by atoms with Gasteiger partial charge in [-0.1, -0.05) is 37.6 Å². The van der Waals surface area contributed by atoms with Crippen LogP contribution >= 0.6 is 11.6 Å². The molecule has 2 rings (SSSR count). The average molecular weight is 297 g/mol. The summed E-state index contributed by atoms with van der Waals surface area (Å²) in [5.74, 6) is 0.525. The lowest BCUT2D eigenvalue weighted by Gasteiger charge is -2.36. The summed E-state index contributed by atoms with van der Waals surface area (Å²) in [6.07, 6.45) is 0.940. The van der Waals surface area contributed by atoms with Gasteiger partial charge in [-0.3, -0.25) is 0 Å². The van der Waals surface area contributed by atoms with Crippen LogP contribution in [0, 0.1) is 5.92 Å². The van der Waals surface area contributed by atoms with E-state index < -0.39 is 0 Å². The van der Waals surface area contributed by atoms with Gasteiger partial charge in [-0.15, -0.1) is 0 Å². The van der Waals surface area contributed by atoms with Crippen LogP contribution in [0.5, 0.6) is 0 Å². The van der Waals surface area contributed by atoms with Crippen LogP contribution in [0.3, 0.4) is 0 Å². The molecule has 5 heteroatoms. The SMILES string of the molecule is CC(C)CC1COCCN1C(=O)Nc1ccccc1Cl. The normalized spacial score (nSPS) is 19.2. The first-order valence-electron chi connectivity index (χ1n) is 6.98. The van der Waals surface area contributed by atoms with Crippen LogP contribution in [-0.4, -0.2) is 36.7 Å². The van der Waals surface area contributed by atoms with Gasteiger partial charge in [0.25, 0.3) is 0 Å². The molecule has 0 saturated carbocycles. The number of benzene rings is 1. The molecule has 1 fully saturated rings. The molecule has 1 aliphatic rings. The van der Waals surface area contributed by atoms with E-state index in [2.05, 4.69) is 19.2 Å². The molecule has 20 heavy (non-hydrogen) atoms. The van der Waals surface area contributed by atoms with Gasteiger partial charge >= 0.3 is 6.03 Å². The second-order valence-corrected chi connectivity index (χ2v) is 5.87. The number of para-hydroxylation sites is 1. The molecular formula is C15H21ClN2O2. The number of carbonyl (C=O) groups excluding carboxylic acids is 1. The van der Waals surface area contributed by atoms with Crippen LogP contribution in [0.1, 0.15) is 20.3 Å². The number of urea groups is 1. The molecule has 2 amide bonds. The van der Waals surface area contributed by atoms with Gasteiger partial charge < -0.3 is 15.0 Å². The van der Waals surface area contributed by atoms with E-state index in [0.717, 1.165) is 6.42 Å². The smallest absolute Gasteiger partial charge is 0.322 e. The quantitative estimate of drug-likeness (QED) is 0.925. The fraction of sp³-hybridized carbons (Fsp3) is 0.533. The second kappa shape index (κ2) is 6.95. The largest absolute Gasteiger partial charge is 0.377 e. The topological polar surface area (TPSA) is 41.6 Å². The predicted molar refractivity (Wildman–Crippen MR) is 81.2 cm³/mol. The van der Waals surface area contributed by atoms with Crippen molar-refractivity contribution < 1.29 is 9.53 Å². The Balaban J connectivity index is 2.04. The summed E-state index contributed by atoms with van der Waals surface area (Å²) in [6, 6.07) is 7.29. The summed E-state index contributed by atoms with van der Waals surface area (Å²) in [5, 5.41) is 3.43. The number of carbonyl (C=O) groups is 1. The molecule has 1 aliphatic heterocycles. The molecule has 1 aromatic carbocycles. The molecule has 1 N–H and O–H groups in total. The lowest BCUT2D eigenvalue weighted by molar-refractivity contribution is 0.00857. The van der Waals surface area contributed by atoms with Crippen molar-refractivity contribution in [2.75, 3.05) is 25.1 Å². The summed E-state index contributed by atoms with van der Waals surface area (Å²) in [7, 11) is 0. The minimum Gasteiger partial charge on any atom is -0.377 e. The Morgan fingerprint density at radius 1 is 1.50 bits per heavy atom. The molecule has 1 unspecified atom stereocenters. The highest BCUT2D eigenvalue weighted by atomic mass is 35.5. The summed E-state index contributed by atoms with van der Waals surface area (Å²) in [5.41, 5.74) is 0.647. The van der Waals surface area contributed by atoms with E-state index in [0.29, 0.717) is 36.4 Å². The van der Waals surface area contributed by atoms with Gasteiger partial charge in [0.05, 0.1) is 30.0 Å². The summed E-state index contributed by atoms with van der Waals surface area (Å²) in [6.45, 7) is 6.11. The Morgan fingerprint density at radius 3 is 2.95 bits per heavy atom. The van der Waals surface area contributed by atoms with Crippen molar-refractivity contribution in [2.24, 2.45) is 5.92 Å². The molecule has 0 spiro atoms. The number of halogens is 1. The first-order chi connectivity index (χ1) is 9.58. The van der Waals surface area contributed by atoms with Gasteiger partial charge in [0.15, 0.2) is 0 Å². The first kappa shape index (κ1) is 15.1. The van der Waals surface area contributed by atoms with E-state index in [-0.39, 0.29) is 12.1 Å². The van der Waals surface area contributed by atoms with Gasteiger partial charge in [-0.2, -0.15) is 0 Å². The number of nitrogens with one attached hydrogen (secondary N) is 1. The van der Waals surface area contributed by atoms with Crippen LogP contribution in [0.15, 0.2) is 24.3 Å². The third kappa shape index (κ3) is 3.87. The summed E-state index contributed by atoms with van der Waals surface area (Å²) < 4.78 is 5.49. The maximum Gasteiger partial charge on any atom is 0.322 e. The van der Waals surface area contributed by atoms with E-state index in [1.165, 1.54) is 0 Å². The standard InChI is InChI=1S/C15H21ClN2O2/c1-11(2)9-12-10-20-8-7-18(12)15(19)17-14-6-4-3-5-13(14)16/h3-6,11-12H,7-10H2,1-2H3,(H,17,19). The number of anilines is 1. The lowest BCUT2D eigenvalue weighted by atomic mass is 10.0. The van der Waals surface area contributed by atoms with E-state index in [4.69, 9.17) is 16.3 Å². The van der Waals surface area contributed by atoms with Crippen molar-refractivity contribution in [3.05, 3.63) is 29.3 Å². The number of morpholine rings is 1. The highest BCUT2D eigenvalue weighted by Gasteiger charge is 2.28. The highest BCUT2D eigenvalue weighted by Crippen LogP contribution is 2.22. The Bertz CT molecular complexity index is 465. The molecule has 4 nitrogen and oxygen atoms in total. The molecule has 0 aliphatic carbocycles. The second-order valence-electron chi connectivity index (χ2n) is 5.46. The molecule has 1 aromatic rings. The van der Waals surface area contributed by atoms with Crippen molar-refractivity contribution in [3.8, 4) is 0 Å². The van der Waals surface area contributed by atoms with Crippen molar-refractivity contribution in [1.29, 1.82) is 0 Å². The third-order valence-corrected chi connectivity index (χ3v) is 3.68. The summed E-state index contributed by atoms with van der Waals surface area (Å²) in [4.78, 5) is 14.3. The van der Waals surface area contributed by atoms with Gasteiger partial charge in [0, 0.05) is 6.54 Å². The van der Waals surface area contributed by atoms with Crippen LogP contribution in [-0.2, 0) is 4.74 Å². The van der Waals surface area contributed by atoms with E-state index in [1.54, 1.807) is 12.1 Å². The predicted octanol–water partition coefficient (Wildman–Crippen LogP) is 3.62. The lowest BCUT2D eigenvalue weighted by Crippen LogP contribution is -2.50. The first-order valence-corrected chi connectivity index (χ1v) is 7.35. The van der Waals surface area contributed by atoms with E-state index >= 15 is 0 Å². The van der Waals surface area contributed by atoms with Crippen molar-refractivity contribution in [1.82, 2.24) is 4.90 Å². The van der Waals surface area contributed by atoms with Crippen LogP contribution in [0.2, 0.25) is 5.02 Å². The minimum absolute atomic E-state index is 0.105. The van der Waals surface area contributed by atoms with Gasteiger partial charge in [-0.05, 0) is 24.5 Å². The van der Waals surface area contributed by atoms with Crippen LogP contribution in [0.25, 0.3) is 0 Å². The number of ether oxygens (including phenoxy) is 1. The molecule has 1 atom stereocenters. The molecule has 1 heterocycles. The fourth-order valence-corrected chi connectivity index (χ4v) is 2.59. The maximum atomic E-state index is 12.4. The molecule has 0 bridgehead atoms. The molecule has 1 saturated heterocycles. The summed E-state index contributed by atoms with van der Waals surface area (Å²) >= 11 is 6.07. The van der Waals surface area contributed by atoms with Crippen molar-refractivity contribution in [2.45, 2.75) is 26.3 Å². The Kier molecular flexibility index (Phi) is 5.26. The Hall–Kier alpha value is -1.26. The van der Waals surface area contributed by atoms with Crippen LogP contribution in [0.4, 0.5) is 10.5 Å². The van der Waals surface area contributed by atoms with E-state index in [1.807, 2.05) is 17.0 Å². The number of nitrogens with zero attached hydrogens (tertiary/aromatic N) is 1. The molecule has 110 valence electrons. The highest BCUT2D eigenvalue weighted by molar-refractivity contribution is 6.33. The molecular weight excluding hydrogens is 276 g/mol. The number of amides is 2. The molecule has 0 aromatic heterocycles. The fourth-order valence-electron chi connectivity index (χ4n) is 2.41. The van der Waals surface area contributed by atoms with Gasteiger partial charge in [0.2, 0.25) is 0 Å². The van der Waals surface area contributed by atoms with E-state index in [9.17, 15) is 4.79 Å². The average Bonchev–Trinajstić information content (AvgIpc) is 2.41. The third-order valence-electron chi connectivity index (χ3n) is 3.35. The van der Waals surface area contributed by atoms with Crippen molar-refractivity contribution >= 4 is 23.3 Å². The zero-order valence-corrected chi connectivity index (χ0v) is 12.7. The Morgan fingerprint density at radius 2 is 2.25 bits per heavy atom. The van der Waals surface area contributed by atoms with Crippen LogP contribution < -0.4 is 5.32 Å². The number of hydrogen-bond donors (Lipinski definition) is 1. The minimum atomic E-state index is -0.105. The monoisotopic (exact) mass is 296 g/mol. The van der Waals surface area contributed by atoms with Gasteiger partial charge in [0.1, 0.15) is 0 Å². The number of rotatable bonds is 3. The maximum absolute atomic E-state index is 12.4. The number of hydrogen-bond acceptors (Lipinski definition) is 2.